The smallest absolute Gasteiger partial charge is 0.332 e. The third-order valence-corrected chi connectivity index (χ3v) is 3.11. The minimum atomic E-state index is -0.487. The van der Waals surface area contributed by atoms with Gasteiger partial charge in [-0.3, -0.25) is 0 Å². The lowest BCUT2D eigenvalue weighted by molar-refractivity contribution is -0.139. The summed E-state index contributed by atoms with van der Waals surface area (Å²) in [5.74, 6) is 0.0300. The maximum atomic E-state index is 11.6. The van der Waals surface area contributed by atoms with E-state index in [0.717, 1.165) is 11.3 Å². The van der Waals surface area contributed by atoms with E-state index in [2.05, 4.69) is 20.1 Å². The number of nitrogens with one attached hydrogen (secondary N) is 1. The van der Waals surface area contributed by atoms with Crippen molar-refractivity contribution in [1.29, 1.82) is 0 Å². The molecule has 0 saturated heterocycles. The van der Waals surface area contributed by atoms with Crippen LogP contribution in [0.2, 0.25) is 5.02 Å². The average molecular weight is 330 g/mol. The molecule has 0 aliphatic heterocycles. The Balaban J connectivity index is 1.61. The topological polar surface area (TPSA) is 85.7 Å². The minimum Gasteiger partial charge on any atom is -0.456 e. The fourth-order valence-corrected chi connectivity index (χ4v) is 1.99. The molecule has 0 saturated carbocycles. The zero-order valence-corrected chi connectivity index (χ0v) is 12.6. The van der Waals surface area contributed by atoms with E-state index < -0.39 is 5.97 Å². The van der Waals surface area contributed by atoms with Gasteiger partial charge >= 0.3 is 5.97 Å². The molecular formula is C15H12ClN5O2. The molecule has 0 fully saturated rings. The third-order valence-electron chi connectivity index (χ3n) is 2.88. The van der Waals surface area contributed by atoms with E-state index in [0.29, 0.717) is 10.8 Å². The van der Waals surface area contributed by atoms with Gasteiger partial charge < -0.3 is 9.72 Å². The molecule has 0 spiro atoms. The molecule has 2 heterocycles. The van der Waals surface area contributed by atoms with Crippen molar-refractivity contribution in [2.75, 3.05) is 0 Å². The summed E-state index contributed by atoms with van der Waals surface area (Å²) in [6.07, 6.45) is 7.34. The molecule has 7 nitrogen and oxygen atoms in total. The van der Waals surface area contributed by atoms with E-state index in [1.807, 2.05) is 12.1 Å². The highest BCUT2D eigenvalue weighted by atomic mass is 35.5. The Morgan fingerprint density at radius 1 is 1.43 bits per heavy atom. The van der Waals surface area contributed by atoms with Crippen molar-refractivity contribution in [1.82, 2.24) is 24.7 Å². The van der Waals surface area contributed by atoms with Gasteiger partial charge in [0.15, 0.2) is 5.82 Å². The van der Waals surface area contributed by atoms with Crippen molar-refractivity contribution < 1.29 is 9.53 Å². The normalized spacial score (nSPS) is 11.0. The van der Waals surface area contributed by atoms with Crippen LogP contribution in [-0.4, -0.2) is 30.7 Å². The lowest BCUT2D eigenvalue weighted by Gasteiger charge is -1.98. The summed E-state index contributed by atoms with van der Waals surface area (Å²) in [4.78, 5) is 22.5. The molecule has 0 bridgehead atoms. The summed E-state index contributed by atoms with van der Waals surface area (Å²) in [6, 6.07) is 7.22. The van der Waals surface area contributed by atoms with Crippen molar-refractivity contribution in [3.05, 3.63) is 59.9 Å². The van der Waals surface area contributed by atoms with Crippen molar-refractivity contribution in [2.45, 2.75) is 6.61 Å². The van der Waals surface area contributed by atoms with Crippen LogP contribution in [0.3, 0.4) is 0 Å². The highest BCUT2D eigenvalue weighted by molar-refractivity contribution is 6.30. The van der Waals surface area contributed by atoms with Crippen LogP contribution in [0.15, 0.2) is 49.2 Å². The van der Waals surface area contributed by atoms with Crippen molar-refractivity contribution in [3.63, 3.8) is 0 Å². The number of ether oxygens (including phenoxy) is 1. The number of carbonyl (C=O) groups is 1. The number of hydrogen-bond donors (Lipinski definition) is 1. The molecule has 0 aliphatic rings. The third kappa shape index (κ3) is 4.04. The number of hydrogen-bond acceptors (Lipinski definition) is 5. The highest BCUT2D eigenvalue weighted by Crippen LogP contribution is 2.18. The highest BCUT2D eigenvalue weighted by Gasteiger charge is 2.04. The summed E-state index contributed by atoms with van der Waals surface area (Å²) in [5.41, 5.74) is 1.52. The number of H-pyrrole nitrogens is 1. The Bertz CT molecular complexity index is 826. The van der Waals surface area contributed by atoms with Crippen LogP contribution in [0.4, 0.5) is 0 Å². The van der Waals surface area contributed by atoms with Crippen LogP contribution >= 0.6 is 11.6 Å². The van der Waals surface area contributed by atoms with Crippen LogP contribution < -0.4 is 0 Å². The minimum absolute atomic E-state index is 0.133. The second kappa shape index (κ2) is 6.89. The molecule has 23 heavy (non-hydrogen) atoms. The number of benzene rings is 1. The number of halogens is 1. The molecule has 8 heteroatoms. The molecule has 116 valence electrons. The first-order chi connectivity index (χ1) is 11.2. The molecule has 3 rings (SSSR count). The quantitative estimate of drug-likeness (QED) is 0.574. The second-order valence-corrected chi connectivity index (χ2v) is 5.00. The Morgan fingerprint density at radius 2 is 2.35 bits per heavy atom. The van der Waals surface area contributed by atoms with E-state index in [-0.39, 0.29) is 6.61 Å². The number of rotatable bonds is 5. The van der Waals surface area contributed by atoms with Gasteiger partial charge in [0.2, 0.25) is 0 Å². The maximum absolute atomic E-state index is 11.6. The summed E-state index contributed by atoms with van der Waals surface area (Å²) >= 11 is 5.94. The Labute approximate surface area is 136 Å². The number of aromatic amines is 1. The molecular weight excluding hydrogens is 318 g/mol. The molecule has 0 unspecified atom stereocenters. The van der Waals surface area contributed by atoms with Gasteiger partial charge in [-0.25, -0.2) is 19.4 Å². The van der Waals surface area contributed by atoms with E-state index >= 15 is 0 Å². The first kappa shape index (κ1) is 15.0. The first-order valence-corrected chi connectivity index (χ1v) is 7.08. The fourth-order valence-electron chi connectivity index (χ4n) is 1.80. The number of imidazole rings is 1. The van der Waals surface area contributed by atoms with E-state index in [9.17, 15) is 4.79 Å². The molecule has 0 radical (unpaired) electrons. The molecule has 1 aromatic carbocycles. The number of carbonyl (C=O) groups excluding carboxylic acids is 1. The van der Waals surface area contributed by atoms with Gasteiger partial charge in [0.1, 0.15) is 12.9 Å². The van der Waals surface area contributed by atoms with Gasteiger partial charge in [-0.1, -0.05) is 23.7 Å². The van der Waals surface area contributed by atoms with E-state index in [1.165, 1.54) is 29.6 Å². The zero-order chi connectivity index (χ0) is 16.1. The lowest BCUT2D eigenvalue weighted by Crippen LogP contribution is -2.01. The lowest BCUT2D eigenvalue weighted by atomic mass is 10.2. The summed E-state index contributed by atoms with van der Waals surface area (Å²) in [5, 5.41) is 4.85. The van der Waals surface area contributed by atoms with Gasteiger partial charge in [0.25, 0.3) is 0 Å². The maximum Gasteiger partial charge on any atom is 0.332 e. The zero-order valence-electron chi connectivity index (χ0n) is 11.9. The Morgan fingerprint density at radius 3 is 3.13 bits per heavy atom. The van der Waals surface area contributed by atoms with Crippen molar-refractivity contribution in [3.8, 4) is 11.4 Å². The van der Waals surface area contributed by atoms with Gasteiger partial charge in [0.05, 0.1) is 18.2 Å². The monoisotopic (exact) mass is 329 g/mol. The van der Waals surface area contributed by atoms with Crippen LogP contribution in [0.25, 0.3) is 17.6 Å². The predicted octanol–water partition coefficient (Wildman–Crippen LogP) is 2.54. The molecule has 0 amide bonds. The molecule has 1 N–H and O–H groups in total. The van der Waals surface area contributed by atoms with Crippen LogP contribution in [0, 0.1) is 0 Å². The van der Waals surface area contributed by atoms with Gasteiger partial charge in [-0.15, -0.1) is 5.10 Å². The van der Waals surface area contributed by atoms with Crippen molar-refractivity contribution in [2.24, 2.45) is 0 Å². The van der Waals surface area contributed by atoms with Gasteiger partial charge in [-0.2, -0.15) is 0 Å². The Kier molecular flexibility index (Phi) is 4.49. The largest absolute Gasteiger partial charge is 0.456 e. The van der Waals surface area contributed by atoms with E-state index in [4.69, 9.17) is 16.3 Å². The standard InChI is InChI=1S/C15H12ClN5O2/c16-12-3-1-2-11(6-12)15-19-10-21(20-15)5-4-14(22)23-8-13-7-17-9-18-13/h1-7,9-10H,8H2,(H,17,18). The SMILES string of the molecule is O=C(C=Cn1cnc(-c2cccc(Cl)c2)n1)OCc1cnc[nH]1. The molecule has 2 aromatic heterocycles. The number of aromatic nitrogens is 5. The molecule has 0 atom stereocenters. The average Bonchev–Trinajstić information content (AvgIpc) is 3.22. The summed E-state index contributed by atoms with van der Waals surface area (Å²) in [7, 11) is 0. The summed E-state index contributed by atoms with van der Waals surface area (Å²) in [6.45, 7) is 0.133. The Hall–Kier alpha value is -2.93. The second-order valence-electron chi connectivity index (χ2n) is 4.56. The fraction of sp³-hybridized carbons (Fsp3) is 0.0667. The predicted molar refractivity (Wildman–Crippen MR) is 84.2 cm³/mol. The number of nitrogens with zero attached hydrogens (tertiary/aromatic N) is 4. The molecule has 0 aliphatic carbocycles. The van der Waals surface area contributed by atoms with Crippen LogP contribution in [0.1, 0.15) is 5.69 Å². The molecule has 3 aromatic rings. The number of esters is 1. The van der Waals surface area contributed by atoms with Gasteiger partial charge in [-0.05, 0) is 12.1 Å². The van der Waals surface area contributed by atoms with Gasteiger partial charge in [0, 0.05) is 22.9 Å². The van der Waals surface area contributed by atoms with E-state index in [1.54, 1.807) is 18.3 Å². The van der Waals surface area contributed by atoms with Crippen LogP contribution in [0.5, 0.6) is 0 Å². The first-order valence-electron chi connectivity index (χ1n) is 6.70. The van der Waals surface area contributed by atoms with Crippen LogP contribution in [-0.2, 0) is 16.1 Å². The summed E-state index contributed by atoms with van der Waals surface area (Å²) < 4.78 is 6.46. The van der Waals surface area contributed by atoms with Crippen molar-refractivity contribution >= 4 is 23.8 Å².